The Balaban J connectivity index is 2.52. The molecule has 0 aromatic heterocycles. The molecule has 0 saturated heterocycles. The Bertz CT molecular complexity index is 296. The van der Waals surface area contributed by atoms with E-state index in [2.05, 4.69) is 37.1 Å². The van der Waals surface area contributed by atoms with Gasteiger partial charge in [-0.2, -0.15) is 0 Å². The summed E-state index contributed by atoms with van der Waals surface area (Å²) in [5.74, 6) is 0. The molecule has 1 aliphatic rings. The first kappa shape index (κ1) is 8.07. The number of hydrogen-bond acceptors (Lipinski definition) is 1. The first-order chi connectivity index (χ1) is 5.79. The molecule has 1 atom stereocenters. The van der Waals surface area contributed by atoms with Crippen LogP contribution >= 0.6 is 7.92 Å². The summed E-state index contributed by atoms with van der Waals surface area (Å²) in [6.45, 7) is 5.70. The Morgan fingerprint density at radius 3 is 3.00 bits per heavy atom. The highest BCUT2D eigenvalue weighted by Crippen LogP contribution is 2.36. The van der Waals surface area contributed by atoms with E-state index in [1.807, 2.05) is 0 Å². The van der Waals surface area contributed by atoms with Crippen molar-refractivity contribution in [2.75, 3.05) is 24.7 Å². The third-order valence-electron chi connectivity index (χ3n) is 2.41. The van der Waals surface area contributed by atoms with Gasteiger partial charge in [-0.3, -0.25) is 0 Å². The van der Waals surface area contributed by atoms with Crippen LogP contribution in [0, 0.1) is 6.92 Å². The average molecular weight is 179 g/mol. The predicted octanol–water partition coefficient (Wildman–Crippen LogP) is 2.16. The SMILES string of the molecule is Cc1cccc2c1NCCP2C. The molecule has 1 aromatic carbocycles. The lowest BCUT2D eigenvalue weighted by Crippen LogP contribution is -2.22. The van der Waals surface area contributed by atoms with E-state index >= 15 is 0 Å². The van der Waals surface area contributed by atoms with Gasteiger partial charge in [0.2, 0.25) is 0 Å². The standard InChI is InChI=1S/C10H14NP/c1-8-4-3-5-9-10(8)11-6-7-12(9)2/h3-5,11H,6-7H2,1-2H3. The van der Waals surface area contributed by atoms with Crippen LogP contribution in [-0.4, -0.2) is 19.4 Å². The van der Waals surface area contributed by atoms with E-state index in [4.69, 9.17) is 0 Å². The summed E-state index contributed by atoms with van der Waals surface area (Å²) in [7, 11) is 0.114. The molecule has 64 valence electrons. The molecule has 1 heterocycles. The molecule has 1 N–H and O–H groups in total. The fourth-order valence-corrected chi connectivity index (χ4v) is 3.34. The van der Waals surface area contributed by atoms with Crippen LogP contribution in [0.5, 0.6) is 0 Å². The van der Waals surface area contributed by atoms with Crippen LogP contribution in [-0.2, 0) is 0 Å². The van der Waals surface area contributed by atoms with Gasteiger partial charge >= 0.3 is 0 Å². The highest BCUT2D eigenvalue weighted by molar-refractivity contribution is 7.65. The van der Waals surface area contributed by atoms with E-state index in [0.717, 1.165) is 6.54 Å². The van der Waals surface area contributed by atoms with Crippen LogP contribution < -0.4 is 10.6 Å². The number of anilines is 1. The summed E-state index contributed by atoms with van der Waals surface area (Å²) >= 11 is 0. The average Bonchev–Trinajstić information content (AvgIpc) is 2.07. The van der Waals surface area contributed by atoms with Crippen LogP contribution in [0.3, 0.4) is 0 Å². The van der Waals surface area contributed by atoms with Gasteiger partial charge in [0, 0.05) is 12.2 Å². The van der Waals surface area contributed by atoms with E-state index < -0.39 is 0 Å². The van der Waals surface area contributed by atoms with Gasteiger partial charge < -0.3 is 5.32 Å². The summed E-state index contributed by atoms with van der Waals surface area (Å²) in [6, 6.07) is 6.61. The van der Waals surface area contributed by atoms with Gasteiger partial charge in [-0.05, 0) is 30.6 Å². The third-order valence-corrected chi connectivity index (χ3v) is 4.50. The molecule has 0 aliphatic carbocycles. The fraction of sp³-hybridized carbons (Fsp3) is 0.400. The molecule has 1 aliphatic heterocycles. The molecule has 12 heavy (non-hydrogen) atoms. The number of benzene rings is 1. The lowest BCUT2D eigenvalue weighted by Gasteiger charge is -2.25. The molecule has 0 radical (unpaired) electrons. The van der Waals surface area contributed by atoms with Crippen molar-refractivity contribution in [2.24, 2.45) is 0 Å². The van der Waals surface area contributed by atoms with Crippen LogP contribution in [0.2, 0.25) is 0 Å². The van der Waals surface area contributed by atoms with E-state index in [1.54, 1.807) is 5.30 Å². The van der Waals surface area contributed by atoms with E-state index in [-0.39, 0.29) is 7.92 Å². The number of fused-ring (bicyclic) bond motifs is 1. The Kier molecular flexibility index (Phi) is 2.06. The first-order valence-corrected chi connectivity index (χ1v) is 6.31. The van der Waals surface area contributed by atoms with E-state index in [0.29, 0.717) is 0 Å². The molecular weight excluding hydrogens is 165 g/mol. The number of rotatable bonds is 0. The van der Waals surface area contributed by atoms with Crippen LogP contribution in [0.15, 0.2) is 18.2 Å². The third kappa shape index (κ3) is 1.23. The molecule has 0 amide bonds. The highest BCUT2D eigenvalue weighted by atomic mass is 31.1. The Morgan fingerprint density at radius 1 is 1.42 bits per heavy atom. The second-order valence-electron chi connectivity index (χ2n) is 3.32. The minimum Gasteiger partial charge on any atom is -0.384 e. The lowest BCUT2D eigenvalue weighted by molar-refractivity contribution is 1.19. The zero-order chi connectivity index (χ0) is 8.55. The first-order valence-electron chi connectivity index (χ1n) is 4.33. The van der Waals surface area contributed by atoms with Crippen molar-refractivity contribution >= 4 is 18.9 Å². The second kappa shape index (κ2) is 3.06. The van der Waals surface area contributed by atoms with Gasteiger partial charge in [-0.25, -0.2) is 0 Å². The summed E-state index contributed by atoms with van der Waals surface area (Å²) in [5.41, 5.74) is 2.79. The normalized spacial score (nSPS) is 21.3. The quantitative estimate of drug-likeness (QED) is 0.602. The molecule has 2 heteroatoms. The molecule has 1 nitrogen and oxygen atoms in total. The predicted molar refractivity (Wildman–Crippen MR) is 57.0 cm³/mol. The zero-order valence-corrected chi connectivity index (χ0v) is 8.49. The van der Waals surface area contributed by atoms with Crippen molar-refractivity contribution in [2.45, 2.75) is 6.92 Å². The van der Waals surface area contributed by atoms with Crippen molar-refractivity contribution in [3.05, 3.63) is 23.8 Å². The summed E-state index contributed by atoms with van der Waals surface area (Å²) in [6.07, 6.45) is 1.33. The maximum atomic E-state index is 3.48. The van der Waals surface area contributed by atoms with Crippen molar-refractivity contribution in [3.63, 3.8) is 0 Å². The molecular formula is C10H14NP. The Morgan fingerprint density at radius 2 is 2.25 bits per heavy atom. The number of nitrogens with one attached hydrogen (secondary N) is 1. The molecule has 0 spiro atoms. The van der Waals surface area contributed by atoms with E-state index in [1.165, 1.54) is 17.4 Å². The van der Waals surface area contributed by atoms with Gasteiger partial charge in [0.25, 0.3) is 0 Å². The van der Waals surface area contributed by atoms with Gasteiger partial charge in [-0.1, -0.05) is 26.1 Å². The minimum absolute atomic E-state index is 0.114. The zero-order valence-electron chi connectivity index (χ0n) is 7.59. The maximum absolute atomic E-state index is 3.48. The van der Waals surface area contributed by atoms with Gasteiger partial charge in [0.1, 0.15) is 0 Å². The van der Waals surface area contributed by atoms with Crippen molar-refractivity contribution in [1.82, 2.24) is 0 Å². The summed E-state index contributed by atoms with van der Waals surface area (Å²) in [5, 5.41) is 5.03. The maximum Gasteiger partial charge on any atom is 0.0447 e. The monoisotopic (exact) mass is 179 g/mol. The number of aryl methyl sites for hydroxylation is 1. The minimum atomic E-state index is 0.114. The Labute approximate surface area is 74.9 Å². The molecule has 0 fully saturated rings. The van der Waals surface area contributed by atoms with Crippen LogP contribution in [0.25, 0.3) is 0 Å². The second-order valence-corrected chi connectivity index (χ2v) is 5.64. The van der Waals surface area contributed by atoms with Gasteiger partial charge in [0.15, 0.2) is 0 Å². The molecule has 0 bridgehead atoms. The number of para-hydroxylation sites is 1. The van der Waals surface area contributed by atoms with Crippen molar-refractivity contribution < 1.29 is 0 Å². The van der Waals surface area contributed by atoms with Gasteiger partial charge in [0.05, 0.1) is 0 Å². The van der Waals surface area contributed by atoms with E-state index in [9.17, 15) is 0 Å². The van der Waals surface area contributed by atoms with Gasteiger partial charge in [-0.15, -0.1) is 0 Å². The number of hydrogen-bond donors (Lipinski definition) is 1. The molecule has 1 aromatic rings. The van der Waals surface area contributed by atoms with Crippen molar-refractivity contribution in [1.29, 1.82) is 0 Å². The molecule has 1 unspecified atom stereocenters. The topological polar surface area (TPSA) is 12.0 Å². The largest absolute Gasteiger partial charge is 0.384 e. The van der Waals surface area contributed by atoms with Crippen molar-refractivity contribution in [3.8, 4) is 0 Å². The Hall–Kier alpha value is -0.550. The smallest absolute Gasteiger partial charge is 0.0447 e. The fourth-order valence-electron chi connectivity index (χ4n) is 1.67. The van der Waals surface area contributed by atoms with Crippen LogP contribution in [0.1, 0.15) is 5.56 Å². The summed E-state index contributed by atoms with van der Waals surface area (Å²) < 4.78 is 0. The summed E-state index contributed by atoms with van der Waals surface area (Å²) in [4.78, 5) is 0. The highest BCUT2D eigenvalue weighted by Gasteiger charge is 2.15. The lowest BCUT2D eigenvalue weighted by atomic mass is 10.2. The van der Waals surface area contributed by atoms with Crippen LogP contribution in [0.4, 0.5) is 5.69 Å². The molecule has 0 saturated carbocycles. The molecule has 2 rings (SSSR count).